The largest absolute Gasteiger partial charge is 0.392 e. The van der Waals surface area contributed by atoms with E-state index in [0.717, 1.165) is 0 Å². The highest BCUT2D eigenvalue weighted by atomic mass is 16.3. The Morgan fingerprint density at radius 3 is 2.00 bits per heavy atom. The maximum absolute atomic E-state index is 11.7. The van der Waals surface area contributed by atoms with Crippen molar-refractivity contribution in [2.45, 2.75) is 6.92 Å². The van der Waals surface area contributed by atoms with Crippen LogP contribution in [0.3, 0.4) is 0 Å². The molecule has 0 aliphatic heterocycles. The standard InChI is InChI=1S/C11H12O4/c1-3-7-6(2)10(14)8(4-12)9(5-13)11(7)15/h3,12-13H,1,4-5H2,2H3. The van der Waals surface area contributed by atoms with Crippen LogP contribution in [0.2, 0.25) is 0 Å². The van der Waals surface area contributed by atoms with Crippen LogP contribution in [0.4, 0.5) is 0 Å². The quantitative estimate of drug-likeness (QED) is 0.636. The van der Waals surface area contributed by atoms with Gasteiger partial charge in [-0.15, -0.1) is 0 Å². The monoisotopic (exact) mass is 208 g/mol. The molecular formula is C11H12O4. The van der Waals surface area contributed by atoms with Crippen molar-refractivity contribution in [2.75, 3.05) is 13.2 Å². The molecule has 1 aliphatic carbocycles. The minimum absolute atomic E-state index is 0.0226. The molecule has 4 heteroatoms. The zero-order valence-corrected chi connectivity index (χ0v) is 8.41. The first-order valence-corrected chi connectivity index (χ1v) is 4.44. The number of rotatable bonds is 3. The highest BCUT2D eigenvalue weighted by Gasteiger charge is 2.29. The van der Waals surface area contributed by atoms with Crippen LogP contribution in [0, 0.1) is 0 Å². The molecule has 0 unspecified atom stereocenters. The van der Waals surface area contributed by atoms with E-state index in [1.165, 1.54) is 13.0 Å². The molecule has 80 valence electrons. The van der Waals surface area contributed by atoms with Crippen molar-refractivity contribution < 1.29 is 19.8 Å². The summed E-state index contributed by atoms with van der Waals surface area (Å²) in [7, 11) is 0. The smallest absolute Gasteiger partial charge is 0.192 e. The van der Waals surface area contributed by atoms with Gasteiger partial charge in [0.05, 0.1) is 13.2 Å². The SMILES string of the molecule is C=CC1=C(C)C(=O)C(CO)=C(CO)C1=O. The fraction of sp³-hybridized carbons (Fsp3) is 0.273. The summed E-state index contributed by atoms with van der Waals surface area (Å²) in [5, 5.41) is 17.9. The van der Waals surface area contributed by atoms with Crippen molar-refractivity contribution in [3.63, 3.8) is 0 Å². The van der Waals surface area contributed by atoms with E-state index >= 15 is 0 Å². The van der Waals surface area contributed by atoms with E-state index in [-0.39, 0.29) is 22.3 Å². The third-order valence-corrected chi connectivity index (χ3v) is 2.42. The molecule has 4 nitrogen and oxygen atoms in total. The molecule has 0 aromatic heterocycles. The second-order valence-electron chi connectivity index (χ2n) is 3.17. The second kappa shape index (κ2) is 4.33. The molecule has 0 amide bonds. The molecule has 0 heterocycles. The maximum atomic E-state index is 11.7. The summed E-state index contributed by atoms with van der Waals surface area (Å²) in [6.07, 6.45) is 1.29. The number of hydrogen-bond donors (Lipinski definition) is 2. The van der Waals surface area contributed by atoms with Gasteiger partial charge in [-0.3, -0.25) is 9.59 Å². The molecule has 0 bridgehead atoms. The average Bonchev–Trinajstić information content (AvgIpc) is 2.23. The van der Waals surface area contributed by atoms with Crippen molar-refractivity contribution >= 4 is 11.6 Å². The van der Waals surface area contributed by atoms with Gasteiger partial charge in [-0.25, -0.2) is 0 Å². The van der Waals surface area contributed by atoms with Gasteiger partial charge in [0.15, 0.2) is 11.6 Å². The van der Waals surface area contributed by atoms with Gasteiger partial charge in [0.25, 0.3) is 0 Å². The summed E-state index contributed by atoms with van der Waals surface area (Å²) in [4.78, 5) is 23.4. The summed E-state index contributed by atoms with van der Waals surface area (Å²) in [6, 6.07) is 0. The predicted molar refractivity (Wildman–Crippen MR) is 54.1 cm³/mol. The zero-order valence-electron chi connectivity index (χ0n) is 8.41. The van der Waals surface area contributed by atoms with Crippen LogP contribution in [0.5, 0.6) is 0 Å². The lowest BCUT2D eigenvalue weighted by Gasteiger charge is -2.18. The van der Waals surface area contributed by atoms with Gasteiger partial charge in [-0.05, 0) is 6.92 Å². The molecule has 0 aromatic carbocycles. The topological polar surface area (TPSA) is 74.6 Å². The molecule has 1 aliphatic rings. The first kappa shape index (κ1) is 11.6. The van der Waals surface area contributed by atoms with Gasteiger partial charge >= 0.3 is 0 Å². The van der Waals surface area contributed by atoms with E-state index in [1.807, 2.05) is 0 Å². The molecule has 0 atom stereocenters. The summed E-state index contributed by atoms with van der Waals surface area (Å²) in [6.45, 7) is 3.85. The lowest BCUT2D eigenvalue weighted by molar-refractivity contribution is -0.117. The number of carbonyl (C=O) groups excluding carboxylic acids is 2. The Labute approximate surface area is 87.2 Å². The van der Waals surface area contributed by atoms with Crippen LogP contribution < -0.4 is 0 Å². The Hall–Kier alpha value is -1.52. The van der Waals surface area contributed by atoms with Gasteiger partial charge < -0.3 is 10.2 Å². The molecule has 0 saturated carbocycles. The number of carbonyl (C=O) groups is 2. The highest BCUT2D eigenvalue weighted by Crippen LogP contribution is 2.24. The first-order chi connectivity index (χ1) is 7.08. The Kier molecular flexibility index (Phi) is 3.34. The van der Waals surface area contributed by atoms with E-state index < -0.39 is 24.8 Å². The highest BCUT2D eigenvalue weighted by molar-refractivity contribution is 6.26. The van der Waals surface area contributed by atoms with Crippen molar-refractivity contribution in [1.29, 1.82) is 0 Å². The summed E-state index contributed by atoms with van der Waals surface area (Å²) in [5.41, 5.74) is 0.395. The van der Waals surface area contributed by atoms with Gasteiger partial charge in [-0.1, -0.05) is 12.7 Å². The van der Waals surface area contributed by atoms with Gasteiger partial charge in [0, 0.05) is 22.3 Å². The third kappa shape index (κ3) is 1.69. The van der Waals surface area contributed by atoms with Crippen molar-refractivity contribution in [3.05, 3.63) is 34.9 Å². The normalized spacial score (nSPS) is 17.5. The van der Waals surface area contributed by atoms with Crippen LogP contribution in [0.1, 0.15) is 6.92 Å². The molecule has 0 radical (unpaired) electrons. The van der Waals surface area contributed by atoms with E-state index in [4.69, 9.17) is 10.2 Å². The summed E-state index contributed by atoms with van der Waals surface area (Å²) in [5.74, 6) is -0.843. The van der Waals surface area contributed by atoms with Gasteiger partial charge in [0.2, 0.25) is 0 Å². The van der Waals surface area contributed by atoms with Gasteiger partial charge in [0.1, 0.15) is 0 Å². The second-order valence-corrected chi connectivity index (χ2v) is 3.17. The Balaban J connectivity index is 3.37. The minimum Gasteiger partial charge on any atom is -0.392 e. The Morgan fingerprint density at radius 2 is 1.60 bits per heavy atom. The number of allylic oxidation sites excluding steroid dienone is 3. The minimum atomic E-state index is -0.551. The third-order valence-electron chi connectivity index (χ3n) is 2.42. The van der Waals surface area contributed by atoms with Crippen LogP contribution in [0.25, 0.3) is 0 Å². The average molecular weight is 208 g/mol. The molecule has 15 heavy (non-hydrogen) atoms. The summed E-state index contributed by atoms with van der Waals surface area (Å²) < 4.78 is 0. The van der Waals surface area contributed by atoms with Crippen LogP contribution in [-0.4, -0.2) is 35.0 Å². The number of ketones is 2. The predicted octanol–water partition coefficient (Wildman–Crippen LogP) is -0.0781. The van der Waals surface area contributed by atoms with E-state index in [1.54, 1.807) is 0 Å². The number of aliphatic hydroxyl groups excluding tert-OH is 2. The van der Waals surface area contributed by atoms with Crippen molar-refractivity contribution in [3.8, 4) is 0 Å². The zero-order chi connectivity index (χ0) is 11.6. The van der Waals surface area contributed by atoms with Crippen LogP contribution >= 0.6 is 0 Å². The molecule has 0 spiro atoms. The lowest BCUT2D eigenvalue weighted by Crippen LogP contribution is -2.25. The molecule has 0 saturated heterocycles. The van der Waals surface area contributed by atoms with Crippen LogP contribution in [-0.2, 0) is 9.59 Å². The molecular weight excluding hydrogens is 196 g/mol. The Morgan fingerprint density at radius 1 is 1.13 bits per heavy atom. The van der Waals surface area contributed by atoms with Crippen molar-refractivity contribution in [2.24, 2.45) is 0 Å². The van der Waals surface area contributed by atoms with Crippen molar-refractivity contribution in [1.82, 2.24) is 0 Å². The number of aliphatic hydroxyl groups is 2. The fourth-order valence-corrected chi connectivity index (χ4v) is 1.54. The first-order valence-electron chi connectivity index (χ1n) is 4.44. The Bertz CT molecular complexity index is 399. The lowest BCUT2D eigenvalue weighted by atomic mass is 9.85. The molecule has 0 aromatic rings. The fourth-order valence-electron chi connectivity index (χ4n) is 1.54. The molecule has 1 rings (SSSR count). The van der Waals surface area contributed by atoms with E-state index in [2.05, 4.69) is 6.58 Å². The molecule has 0 fully saturated rings. The molecule has 2 N–H and O–H groups in total. The maximum Gasteiger partial charge on any atom is 0.192 e. The number of hydrogen-bond acceptors (Lipinski definition) is 4. The van der Waals surface area contributed by atoms with Crippen LogP contribution in [0.15, 0.2) is 34.9 Å². The van der Waals surface area contributed by atoms with E-state index in [9.17, 15) is 9.59 Å². The van der Waals surface area contributed by atoms with E-state index in [0.29, 0.717) is 0 Å². The summed E-state index contributed by atoms with van der Waals surface area (Å²) >= 11 is 0. The number of Topliss-reactive ketones (excluding diaryl/α,β-unsaturated/α-hetero) is 2. The van der Waals surface area contributed by atoms with Gasteiger partial charge in [-0.2, -0.15) is 0 Å².